The molecule has 0 saturated carbocycles. The van der Waals surface area contributed by atoms with Crippen molar-refractivity contribution in [3.05, 3.63) is 30.4 Å². The number of aryl methyl sites for hydroxylation is 1. The van der Waals surface area contributed by atoms with Gasteiger partial charge in [0.15, 0.2) is 0 Å². The lowest BCUT2D eigenvalue weighted by Crippen LogP contribution is -1.88. The molecule has 0 fully saturated rings. The average molecular weight is 174 g/mol. The fourth-order valence-corrected chi connectivity index (χ4v) is 1.12. The molecule has 4 nitrogen and oxygen atoms in total. The molecule has 3 N–H and O–H groups in total. The molecule has 0 atom stereocenters. The molecule has 2 heterocycles. The van der Waals surface area contributed by atoms with Gasteiger partial charge in [-0.15, -0.1) is 0 Å². The van der Waals surface area contributed by atoms with Crippen molar-refractivity contribution in [3.63, 3.8) is 0 Å². The molecule has 2 rings (SSSR count). The van der Waals surface area contributed by atoms with E-state index in [1.165, 1.54) is 0 Å². The minimum absolute atomic E-state index is 0.667. The first-order valence-electron chi connectivity index (χ1n) is 3.99. The van der Waals surface area contributed by atoms with Gasteiger partial charge in [0.05, 0.1) is 29.5 Å². The maximum atomic E-state index is 5.52. The van der Waals surface area contributed by atoms with Gasteiger partial charge in [0.1, 0.15) is 5.82 Å². The number of H-pyrrole nitrogens is 1. The highest BCUT2D eigenvalue weighted by molar-refractivity contribution is 5.55. The second-order valence-corrected chi connectivity index (χ2v) is 2.86. The summed E-state index contributed by atoms with van der Waals surface area (Å²) < 4.78 is 0. The Bertz CT molecular complexity index is 402. The predicted octanol–water partition coefficient (Wildman–Crippen LogP) is 1.36. The van der Waals surface area contributed by atoms with Crippen LogP contribution in [0.15, 0.2) is 24.5 Å². The summed E-state index contributed by atoms with van der Waals surface area (Å²) in [7, 11) is 0. The van der Waals surface area contributed by atoms with E-state index in [1.807, 2.05) is 19.1 Å². The van der Waals surface area contributed by atoms with E-state index in [0.717, 1.165) is 17.2 Å². The summed E-state index contributed by atoms with van der Waals surface area (Å²) in [4.78, 5) is 11.4. The van der Waals surface area contributed by atoms with Crippen molar-refractivity contribution in [1.82, 2.24) is 15.0 Å². The number of hydrogen-bond acceptors (Lipinski definition) is 3. The summed E-state index contributed by atoms with van der Waals surface area (Å²) >= 11 is 0. The Morgan fingerprint density at radius 2 is 2.08 bits per heavy atom. The first kappa shape index (κ1) is 7.79. The fraction of sp³-hybridized carbons (Fsp3) is 0.111. The van der Waals surface area contributed by atoms with Crippen LogP contribution in [0.25, 0.3) is 11.4 Å². The molecule has 0 spiro atoms. The van der Waals surface area contributed by atoms with Gasteiger partial charge in [-0.2, -0.15) is 0 Å². The molecule has 2 aromatic rings. The zero-order valence-corrected chi connectivity index (χ0v) is 7.28. The Kier molecular flexibility index (Phi) is 1.73. The van der Waals surface area contributed by atoms with Crippen LogP contribution in [0.2, 0.25) is 0 Å². The van der Waals surface area contributed by atoms with Gasteiger partial charge in [0.25, 0.3) is 0 Å². The molecule has 0 aromatic carbocycles. The Morgan fingerprint density at radius 1 is 1.23 bits per heavy atom. The Morgan fingerprint density at radius 3 is 2.62 bits per heavy atom. The van der Waals surface area contributed by atoms with Crippen LogP contribution in [0, 0.1) is 6.92 Å². The number of nitrogens with zero attached hydrogens (tertiary/aromatic N) is 2. The topological polar surface area (TPSA) is 67.6 Å². The van der Waals surface area contributed by atoms with Gasteiger partial charge in [0.2, 0.25) is 0 Å². The van der Waals surface area contributed by atoms with E-state index in [9.17, 15) is 0 Å². The minimum atomic E-state index is 0.667. The summed E-state index contributed by atoms with van der Waals surface area (Å²) in [5, 5.41) is 0. The van der Waals surface area contributed by atoms with E-state index >= 15 is 0 Å². The fourth-order valence-electron chi connectivity index (χ4n) is 1.12. The predicted molar refractivity (Wildman–Crippen MR) is 51.0 cm³/mol. The summed E-state index contributed by atoms with van der Waals surface area (Å²) in [5.41, 5.74) is 7.96. The molecule has 2 aromatic heterocycles. The van der Waals surface area contributed by atoms with E-state index < -0.39 is 0 Å². The van der Waals surface area contributed by atoms with Crippen molar-refractivity contribution in [2.75, 3.05) is 5.73 Å². The maximum absolute atomic E-state index is 5.52. The van der Waals surface area contributed by atoms with Crippen molar-refractivity contribution in [2.45, 2.75) is 6.92 Å². The third kappa shape index (κ3) is 1.51. The van der Waals surface area contributed by atoms with Crippen LogP contribution < -0.4 is 5.73 Å². The molecule has 0 radical (unpaired) electrons. The summed E-state index contributed by atoms with van der Waals surface area (Å²) in [6.07, 6.45) is 3.39. The number of anilines is 1. The van der Waals surface area contributed by atoms with Crippen LogP contribution in [-0.2, 0) is 0 Å². The lowest BCUT2D eigenvalue weighted by atomic mass is 10.3. The van der Waals surface area contributed by atoms with E-state index in [-0.39, 0.29) is 0 Å². The maximum Gasteiger partial charge on any atom is 0.103 e. The largest absolute Gasteiger partial charge is 0.397 e. The molecule has 66 valence electrons. The Labute approximate surface area is 75.8 Å². The number of nitrogens with two attached hydrogens (primary N) is 1. The van der Waals surface area contributed by atoms with E-state index in [1.54, 1.807) is 12.4 Å². The zero-order valence-electron chi connectivity index (χ0n) is 7.28. The van der Waals surface area contributed by atoms with Gasteiger partial charge in [0, 0.05) is 0 Å². The smallest absolute Gasteiger partial charge is 0.103 e. The Hall–Kier alpha value is -1.84. The van der Waals surface area contributed by atoms with E-state index in [0.29, 0.717) is 5.69 Å². The standard InChI is InChI=1S/C9H10N4/c1-6-11-5-9(13-6)8-3-2-7(10)4-12-8/h2-5H,10H2,1H3,(H,11,13). The first-order chi connectivity index (χ1) is 6.25. The van der Waals surface area contributed by atoms with Crippen LogP contribution in [-0.4, -0.2) is 15.0 Å². The van der Waals surface area contributed by atoms with Crippen LogP contribution in [0.1, 0.15) is 5.82 Å². The van der Waals surface area contributed by atoms with Crippen LogP contribution in [0.4, 0.5) is 5.69 Å². The number of imidazole rings is 1. The molecular weight excluding hydrogens is 164 g/mol. The number of rotatable bonds is 1. The number of pyridine rings is 1. The van der Waals surface area contributed by atoms with Crippen LogP contribution >= 0.6 is 0 Å². The zero-order chi connectivity index (χ0) is 9.26. The third-order valence-corrected chi connectivity index (χ3v) is 1.77. The summed E-state index contributed by atoms with van der Waals surface area (Å²) in [6.45, 7) is 1.90. The number of aromatic amines is 1. The van der Waals surface area contributed by atoms with Gasteiger partial charge >= 0.3 is 0 Å². The molecule has 0 unspecified atom stereocenters. The molecular formula is C9H10N4. The van der Waals surface area contributed by atoms with Crippen molar-refractivity contribution in [1.29, 1.82) is 0 Å². The van der Waals surface area contributed by atoms with Crippen LogP contribution in [0.5, 0.6) is 0 Å². The second-order valence-electron chi connectivity index (χ2n) is 2.86. The van der Waals surface area contributed by atoms with Crippen molar-refractivity contribution < 1.29 is 0 Å². The molecule has 0 aliphatic rings. The molecule has 0 aliphatic heterocycles. The van der Waals surface area contributed by atoms with Crippen molar-refractivity contribution in [2.24, 2.45) is 0 Å². The van der Waals surface area contributed by atoms with Gasteiger partial charge in [-0.1, -0.05) is 0 Å². The molecule has 0 bridgehead atoms. The minimum Gasteiger partial charge on any atom is -0.397 e. The highest BCUT2D eigenvalue weighted by Gasteiger charge is 2.00. The first-order valence-corrected chi connectivity index (χ1v) is 3.99. The molecule has 0 saturated heterocycles. The molecule has 13 heavy (non-hydrogen) atoms. The SMILES string of the molecule is Cc1ncc(-c2ccc(N)cn2)[nH]1. The molecule has 4 heteroatoms. The van der Waals surface area contributed by atoms with Crippen molar-refractivity contribution in [3.8, 4) is 11.4 Å². The van der Waals surface area contributed by atoms with Gasteiger partial charge < -0.3 is 10.7 Å². The van der Waals surface area contributed by atoms with E-state index in [4.69, 9.17) is 5.73 Å². The Balaban J connectivity index is 2.41. The lowest BCUT2D eigenvalue weighted by molar-refractivity contribution is 1.15. The van der Waals surface area contributed by atoms with Crippen molar-refractivity contribution >= 4 is 5.69 Å². The van der Waals surface area contributed by atoms with Crippen LogP contribution in [0.3, 0.4) is 0 Å². The summed E-state index contributed by atoms with van der Waals surface area (Å²) in [6, 6.07) is 3.68. The third-order valence-electron chi connectivity index (χ3n) is 1.77. The van der Waals surface area contributed by atoms with Gasteiger partial charge in [-0.3, -0.25) is 4.98 Å². The van der Waals surface area contributed by atoms with E-state index in [2.05, 4.69) is 15.0 Å². The molecule has 0 amide bonds. The van der Waals surface area contributed by atoms with Gasteiger partial charge in [-0.05, 0) is 19.1 Å². The number of aromatic nitrogens is 3. The normalized spacial score (nSPS) is 10.2. The molecule has 0 aliphatic carbocycles. The average Bonchev–Trinajstić information content (AvgIpc) is 2.53. The van der Waals surface area contributed by atoms with Gasteiger partial charge in [-0.25, -0.2) is 4.98 Å². The monoisotopic (exact) mass is 174 g/mol. The highest BCUT2D eigenvalue weighted by atomic mass is 14.9. The number of nitrogen functional groups attached to an aromatic ring is 1. The quantitative estimate of drug-likeness (QED) is 0.686. The second kappa shape index (κ2) is 2.90. The number of nitrogens with one attached hydrogen (secondary N) is 1. The highest BCUT2D eigenvalue weighted by Crippen LogP contribution is 2.14. The number of hydrogen-bond donors (Lipinski definition) is 2. The lowest BCUT2D eigenvalue weighted by Gasteiger charge is -1.96. The summed E-state index contributed by atoms with van der Waals surface area (Å²) in [5.74, 6) is 0.883.